The summed E-state index contributed by atoms with van der Waals surface area (Å²) >= 11 is 1.12. The molecular formula is C21H26FN5O3S. The standard InChI is InChI=1S/C21H26FN5O3S/c1-11(2)25-15-8-18(26-12-5-6-14-16(7-12)31-20(29)27-14)23-9-13(15)19(28)24-10-17(22)21(3,4)30/h5-9,11,17,30H,10H2,1-4H3,(H,24,28)(H,27,29)(H2,23,25,26). The molecule has 3 aromatic rings. The first-order chi connectivity index (χ1) is 14.5. The Morgan fingerprint density at radius 2 is 2.06 bits per heavy atom. The maximum Gasteiger partial charge on any atom is 0.305 e. The maximum absolute atomic E-state index is 14.0. The normalized spacial score (nSPS) is 12.7. The maximum atomic E-state index is 14.0. The third kappa shape index (κ3) is 5.80. The third-order valence-electron chi connectivity index (χ3n) is 4.49. The lowest BCUT2D eigenvalue weighted by atomic mass is 10.0. The van der Waals surface area contributed by atoms with Crippen LogP contribution in [-0.2, 0) is 0 Å². The monoisotopic (exact) mass is 447 g/mol. The number of anilines is 3. The molecule has 2 aromatic heterocycles. The van der Waals surface area contributed by atoms with Crippen molar-refractivity contribution in [3.8, 4) is 0 Å². The van der Waals surface area contributed by atoms with E-state index < -0.39 is 17.7 Å². The van der Waals surface area contributed by atoms with Crippen molar-refractivity contribution < 1.29 is 14.3 Å². The zero-order chi connectivity index (χ0) is 22.8. The van der Waals surface area contributed by atoms with Crippen molar-refractivity contribution in [1.29, 1.82) is 0 Å². The Labute approximate surface area is 182 Å². The van der Waals surface area contributed by atoms with E-state index in [1.165, 1.54) is 20.0 Å². The molecular weight excluding hydrogens is 421 g/mol. The number of hydrogen-bond donors (Lipinski definition) is 5. The van der Waals surface area contributed by atoms with E-state index in [9.17, 15) is 19.1 Å². The summed E-state index contributed by atoms with van der Waals surface area (Å²) in [4.78, 5) is 31.0. The van der Waals surface area contributed by atoms with Gasteiger partial charge in [-0.15, -0.1) is 0 Å². The minimum Gasteiger partial charge on any atom is -0.387 e. The van der Waals surface area contributed by atoms with Crippen LogP contribution in [0.2, 0.25) is 0 Å². The van der Waals surface area contributed by atoms with Crippen LogP contribution in [-0.4, -0.2) is 45.3 Å². The number of benzene rings is 1. The number of carbonyl (C=O) groups excluding carboxylic acids is 1. The Balaban J connectivity index is 1.81. The van der Waals surface area contributed by atoms with E-state index in [0.29, 0.717) is 11.5 Å². The number of aliphatic hydroxyl groups is 1. The summed E-state index contributed by atoms with van der Waals surface area (Å²) in [5, 5.41) is 18.6. The number of nitrogens with zero attached hydrogens (tertiary/aromatic N) is 1. The third-order valence-corrected chi connectivity index (χ3v) is 5.34. The topological polar surface area (TPSA) is 119 Å². The smallest absolute Gasteiger partial charge is 0.305 e. The first-order valence-corrected chi connectivity index (χ1v) is 10.7. The lowest BCUT2D eigenvalue weighted by Crippen LogP contribution is -2.42. The molecule has 0 bridgehead atoms. The highest BCUT2D eigenvalue weighted by Gasteiger charge is 2.27. The average molecular weight is 448 g/mol. The van der Waals surface area contributed by atoms with E-state index in [1.54, 1.807) is 12.1 Å². The van der Waals surface area contributed by atoms with Crippen LogP contribution in [0, 0.1) is 0 Å². The molecule has 8 nitrogen and oxygen atoms in total. The number of hydrogen-bond acceptors (Lipinski definition) is 7. The second-order valence-electron chi connectivity index (χ2n) is 8.10. The molecule has 0 fully saturated rings. The Hall–Kier alpha value is -2.98. The predicted octanol–water partition coefficient (Wildman–Crippen LogP) is 3.39. The molecule has 10 heteroatoms. The number of aromatic amines is 1. The summed E-state index contributed by atoms with van der Waals surface area (Å²) in [6.45, 7) is 6.25. The van der Waals surface area contributed by atoms with Crippen LogP contribution in [0.4, 0.5) is 21.6 Å². The minimum absolute atomic E-state index is 0.0422. The van der Waals surface area contributed by atoms with Gasteiger partial charge in [-0.25, -0.2) is 9.37 Å². The fourth-order valence-electron chi connectivity index (χ4n) is 2.83. The van der Waals surface area contributed by atoms with Crippen LogP contribution in [0.25, 0.3) is 10.2 Å². The van der Waals surface area contributed by atoms with E-state index in [0.717, 1.165) is 27.2 Å². The van der Waals surface area contributed by atoms with Gasteiger partial charge in [-0.3, -0.25) is 9.59 Å². The van der Waals surface area contributed by atoms with Crippen LogP contribution in [0.3, 0.4) is 0 Å². The number of alkyl halides is 1. The Morgan fingerprint density at radius 3 is 2.74 bits per heavy atom. The zero-order valence-corrected chi connectivity index (χ0v) is 18.6. The van der Waals surface area contributed by atoms with Gasteiger partial charge in [-0.05, 0) is 45.9 Å². The van der Waals surface area contributed by atoms with Gasteiger partial charge >= 0.3 is 4.87 Å². The SMILES string of the molecule is CC(C)Nc1cc(Nc2ccc3[nH]c(=O)sc3c2)ncc1C(=O)NCC(F)C(C)(C)O. The molecule has 1 amide bonds. The number of fused-ring (bicyclic) bond motifs is 1. The van der Waals surface area contributed by atoms with Crippen LogP contribution in [0.1, 0.15) is 38.1 Å². The molecule has 5 N–H and O–H groups in total. The van der Waals surface area contributed by atoms with Crippen molar-refractivity contribution >= 4 is 44.7 Å². The van der Waals surface area contributed by atoms with Gasteiger partial charge in [0, 0.05) is 24.0 Å². The summed E-state index contributed by atoms with van der Waals surface area (Å²) in [6, 6.07) is 7.21. The highest BCUT2D eigenvalue weighted by atomic mass is 32.1. The van der Waals surface area contributed by atoms with Gasteiger partial charge in [-0.2, -0.15) is 0 Å². The molecule has 0 spiro atoms. The largest absolute Gasteiger partial charge is 0.387 e. The van der Waals surface area contributed by atoms with Crippen LogP contribution in [0.5, 0.6) is 0 Å². The van der Waals surface area contributed by atoms with Crippen molar-refractivity contribution in [2.24, 2.45) is 0 Å². The summed E-state index contributed by atoms with van der Waals surface area (Å²) < 4.78 is 14.8. The Bertz CT molecular complexity index is 1140. The highest BCUT2D eigenvalue weighted by Crippen LogP contribution is 2.25. The van der Waals surface area contributed by atoms with Crippen molar-refractivity contribution in [2.45, 2.75) is 45.5 Å². The number of carbonyl (C=O) groups is 1. The summed E-state index contributed by atoms with van der Waals surface area (Å²) in [6.07, 6.45) is -0.196. The second-order valence-corrected chi connectivity index (χ2v) is 9.11. The Kier molecular flexibility index (Phi) is 6.61. The molecule has 0 aliphatic heterocycles. The number of H-pyrrole nitrogens is 1. The molecule has 31 heavy (non-hydrogen) atoms. The fourth-order valence-corrected chi connectivity index (χ4v) is 3.61. The lowest BCUT2D eigenvalue weighted by Gasteiger charge is -2.23. The molecule has 0 saturated heterocycles. The molecule has 3 rings (SSSR count). The molecule has 166 valence electrons. The van der Waals surface area contributed by atoms with Gasteiger partial charge in [0.25, 0.3) is 5.91 Å². The molecule has 0 saturated carbocycles. The summed E-state index contributed by atoms with van der Waals surface area (Å²) in [7, 11) is 0. The predicted molar refractivity (Wildman–Crippen MR) is 122 cm³/mol. The number of nitrogens with one attached hydrogen (secondary N) is 4. The summed E-state index contributed by atoms with van der Waals surface area (Å²) in [5.74, 6) is 0.00871. The first-order valence-electron chi connectivity index (χ1n) is 9.84. The van der Waals surface area contributed by atoms with Gasteiger partial charge in [-0.1, -0.05) is 11.3 Å². The minimum atomic E-state index is -1.61. The van der Waals surface area contributed by atoms with E-state index in [2.05, 4.69) is 25.9 Å². The molecule has 0 aliphatic carbocycles. The Morgan fingerprint density at radius 1 is 1.32 bits per heavy atom. The van der Waals surface area contributed by atoms with Crippen molar-refractivity contribution in [3.63, 3.8) is 0 Å². The second kappa shape index (κ2) is 9.03. The summed E-state index contributed by atoms with van der Waals surface area (Å²) in [5.41, 5.74) is 0.762. The van der Waals surface area contributed by atoms with E-state index >= 15 is 0 Å². The van der Waals surface area contributed by atoms with Crippen LogP contribution < -0.4 is 20.8 Å². The zero-order valence-electron chi connectivity index (χ0n) is 17.7. The lowest BCUT2D eigenvalue weighted by molar-refractivity contribution is -0.00177. The van der Waals surface area contributed by atoms with Gasteiger partial charge in [0.05, 0.1) is 33.6 Å². The highest BCUT2D eigenvalue weighted by molar-refractivity contribution is 7.16. The van der Waals surface area contributed by atoms with E-state index in [1.807, 2.05) is 26.0 Å². The molecule has 0 aliphatic rings. The fraction of sp³-hybridized carbons (Fsp3) is 0.381. The van der Waals surface area contributed by atoms with Gasteiger partial charge in [0.1, 0.15) is 12.0 Å². The molecule has 2 heterocycles. The average Bonchev–Trinajstić information content (AvgIpc) is 3.04. The van der Waals surface area contributed by atoms with Crippen molar-refractivity contribution in [3.05, 3.63) is 45.7 Å². The molecule has 1 aromatic carbocycles. The molecule has 0 radical (unpaired) electrons. The number of thiazole rings is 1. The van der Waals surface area contributed by atoms with Crippen LogP contribution >= 0.6 is 11.3 Å². The van der Waals surface area contributed by atoms with Gasteiger partial charge in [0.15, 0.2) is 0 Å². The molecule has 1 unspecified atom stereocenters. The number of aromatic nitrogens is 2. The van der Waals surface area contributed by atoms with E-state index in [4.69, 9.17) is 0 Å². The van der Waals surface area contributed by atoms with E-state index in [-0.39, 0.29) is 23.0 Å². The van der Waals surface area contributed by atoms with Crippen molar-refractivity contribution in [2.75, 3.05) is 17.2 Å². The number of amides is 1. The van der Waals surface area contributed by atoms with Crippen LogP contribution in [0.15, 0.2) is 35.3 Å². The number of pyridine rings is 1. The number of halogens is 1. The van der Waals surface area contributed by atoms with Crippen molar-refractivity contribution in [1.82, 2.24) is 15.3 Å². The first kappa shape index (κ1) is 22.7. The van der Waals surface area contributed by atoms with Gasteiger partial charge < -0.3 is 26.0 Å². The molecule has 1 atom stereocenters. The van der Waals surface area contributed by atoms with Gasteiger partial charge in [0.2, 0.25) is 0 Å². The number of rotatable bonds is 8. The quantitative estimate of drug-likeness (QED) is 0.361.